The average molecular weight is 258 g/mol. The Bertz CT molecular complexity index is 255. The van der Waals surface area contributed by atoms with E-state index in [4.69, 9.17) is 4.74 Å². The molecule has 0 spiro atoms. The van der Waals surface area contributed by atoms with Crippen LogP contribution in [0.2, 0.25) is 0 Å². The van der Waals surface area contributed by atoms with E-state index >= 15 is 0 Å². The summed E-state index contributed by atoms with van der Waals surface area (Å²) in [7, 11) is 0. The fourth-order valence-corrected chi connectivity index (χ4v) is 1.58. The van der Waals surface area contributed by atoms with Crippen molar-refractivity contribution < 1.29 is 14.3 Å². The van der Waals surface area contributed by atoms with Crippen LogP contribution in [-0.2, 0) is 4.74 Å². The number of hydrogen-bond acceptors (Lipinski definition) is 3. The lowest BCUT2D eigenvalue weighted by molar-refractivity contribution is 0.0744. The molecule has 3 amide bonds. The molecule has 0 heterocycles. The quantitative estimate of drug-likeness (QED) is 0.824. The predicted octanol–water partition coefficient (Wildman–Crippen LogP) is 3.14. The maximum Gasteiger partial charge on any atom is 0.418 e. The molecular weight excluding hydrogens is 232 g/mol. The van der Waals surface area contributed by atoms with Crippen molar-refractivity contribution in [3.05, 3.63) is 0 Å². The standard InChI is InChI=1S/C13H26N2O3/c1-7-8-11(6)15(12(16)14-9(2)3)13(17)18-10(4)5/h9-11H,7-8H2,1-6H3,(H,14,16). The molecule has 0 aromatic carbocycles. The molecule has 0 bridgehead atoms. The number of imide groups is 1. The van der Waals surface area contributed by atoms with Crippen molar-refractivity contribution in [1.82, 2.24) is 10.2 Å². The van der Waals surface area contributed by atoms with Gasteiger partial charge in [0, 0.05) is 12.1 Å². The molecule has 1 unspecified atom stereocenters. The van der Waals surface area contributed by atoms with Crippen molar-refractivity contribution in [3.8, 4) is 0 Å². The maximum atomic E-state index is 12.0. The van der Waals surface area contributed by atoms with Crippen LogP contribution in [0.25, 0.3) is 0 Å². The fourth-order valence-electron chi connectivity index (χ4n) is 1.58. The number of hydrogen-bond donors (Lipinski definition) is 1. The third kappa shape index (κ3) is 5.89. The van der Waals surface area contributed by atoms with Gasteiger partial charge in [-0.15, -0.1) is 0 Å². The molecule has 0 aromatic rings. The van der Waals surface area contributed by atoms with Gasteiger partial charge in [-0.3, -0.25) is 0 Å². The minimum absolute atomic E-state index is 0.0133. The summed E-state index contributed by atoms with van der Waals surface area (Å²) in [5.41, 5.74) is 0. The highest BCUT2D eigenvalue weighted by molar-refractivity contribution is 5.91. The van der Waals surface area contributed by atoms with Gasteiger partial charge < -0.3 is 10.1 Å². The van der Waals surface area contributed by atoms with Crippen molar-refractivity contribution >= 4 is 12.1 Å². The molecule has 0 aliphatic carbocycles. The van der Waals surface area contributed by atoms with Gasteiger partial charge in [-0.25, -0.2) is 14.5 Å². The summed E-state index contributed by atoms with van der Waals surface area (Å²) in [6.45, 7) is 11.1. The van der Waals surface area contributed by atoms with Crippen LogP contribution < -0.4 is 5.32 Å². The molecule has 5 heteroatoms. The lowest BCUT2D eigenvalue weighted by atomic mass is 10.2. The number of ether oxygens (including phenoxy) is 1. The van der Waals surface area contributed by atoms with Crippen molar-refractivity contribution in [3.63, 3.8) is 0 Å². The average Bonchev–Trinajstić information content (AvgIpc) is 2.14. The molecule has 1 atom stereocenters. The molecule has 0 rings (SSSR count). The zero-order valence-electron chi connectivity index (χ0n) is 12.3. The molecular formula is C13H26N2O3. The fraction of sp³-hybridized carbons (Fsp3) is 0.846. The molecule has 0 saturated carbocycles. The number of nitrogens with zero attached hydrogens (tertiary/aromatic N) is 1. The molecule has 0 radical (unpaired) electrons. The Balaban J connectivity index is 4.81. The molecule has 0 aliphatic rings. The van der Waals surface area contributed by atoms with E-state index in [9.17, 15) is 9.59 Å². The molecule has 18 heavy (non-hydrogen) atoms. The zero-order chi connectivity index (χ0) is 14.3. The summed E-state index contributed by atoms with van der Waals surface area (Å²) in [4.78, 5) is 25.1. The van der Waals surface area contributed by atoms with Crippen LogP contribution in [0.5, 0.6) is 0 Å². The number of urea groups is 1. The number of amides is 3. The number of carbonyl (C=O) groups is 2. The van der Waals surface area contributed by atoms with Gasteiger partial charge in [0.15, 0.2) is 0 Å². The summed E-state index contributed by atoms with van der Waals surface area (Å²) in [5, 5.41) is 2.72. The predicted molar refractivity (Wildman–Crippen MR) is 71.5 cm³/mol. The van der Waals surface area contributed by atoms with E-state index in [0.717, 1.165) is 12.8 Å². The van der Waals surface area contributed by atoms with E-state index < -0.39 is 12.1 Å². The van der Waals surface area contributed by atoms with Gasteiger partial charge in [0.2, 0.25) is 0 Å². The van der Waals surface area contributed by atoms with Crippen LogP contribution in [0, 0.1) is 0 Å². The van der Waals surface area contributed by atoms with Gasteiger partial charge in [-0.2, -0.15) is 0 Å². The lowest BCUT2D eigenvalue weighted by Gasteiger charge is -2.28. The first kappa shape index (κ1) is 16.7. The highest BCUT2D eigenvalue weighted by Gasteiger charge is 2.28. The Kier molecular flexibility index (Phi) is 7.39. The normalized spacial score (nSPS) is 12.4. The Hall–Kier alpha value is -1.26. The third-order valence-corrected chi connectivity index (χ3v) is 2.31. The summed E-state index contributed by atoms with van der Waals surface area (Å²) in [6, 6.07) is -0.572. The maximum absolute atomic E-state index is 12.0. The van der Waals surface area contributed by atoms with Crippen LogP contribution in [0.3, 0.4) is 0 Å². The monoisotopic (exact) mass is 258 g/mol. The SMILES string of the molecule is CCCC(C)N(C(=O)NC(C)C)C(=O)OC(C)C. The van der Waals surface area contributed by atoms with E-state index in [0.29, 0.717) is 0 Å². The summed E-state index contributed by atoms with van der Waals surface area (Å²) < 4.78 is 5.11. The molecule has 1 N–H and O–H groups in total. The molecule has 0 fully saturated rings. The van der Waals surface area contributed by atoms with Crippen molar-refractivity contribution in [1.29, 1.82) is 0 Å². The first-order valence-electron chi connectivity index (χ1n) is 6.59. The first-order valence-corrected chi connectivity index (χ1v) is 6.59. The van der Waals surface area contributed by atoms with Crippen molar-refractivity contribution in [2.75, 3.05) is 0 Å². The van der Waals surface area contributed by atoms with Crippen LogP contribution >= 0.6 is 0 Å². The molecule has 106 valence electrons. The molecule has 0 aliphatic heterocycles. The molecule has 0 saturated heterocycles. The van der Waals surface area contributed by atoms with Crippen LogP contribution in [-0.4, -0.2) is 35.2 Å². The zero-order valence-corrected chi connectivity index (χ0v) is 12.3. The van der Waals surface area contributed by atoms with E-state index in [1.165, 1.54) is 4.90 Å². The van der Waals surface area contributed by atoms with Gasteiger partial charge in [0.05, 0.1) is 6.10 Å². The summed E-state index contributed by atoms with van der Waals surface area (Å²) >= 11 is 0. The topological polar surface area (TPSA) is 58.6 Å². The second-order valence-corrected chi connectivity index (χ2v) is 5.04. The number of nitrogens with one attached hydrogen (secondary N) is 1. The van der Waals surface area contributed by atoms with Gasteiger partial charge in [0.1, 0.15) is 0 Å². The highest BCUT2D eigenvalue weighted by Crippen LogP contribution is 2.10. The van der Waals surface area contributed by atoms with Gasteiger partial charge in [-0.1, -0.05) is 13.3 Å². The van der Waals surface area contributed by atoms with Crippen LogP contribution in [0.1, 0.15) is 54.4 Å². The highest BCUT2D eigenvalue weighted by atomic mass is 16.6. The largest absolute Gasteiger partial charge is 0.446 e. The summed E-state index contributed by atoms with van der Waals surface area (Å²) in [5.74, 6) is 0. The van der Waals surface area contributed by atoms with Crippen LogP contribution in [0.4, 0.5) is 9.59 Å². The Morgan fingerprint density at radius 1 is 1.17 bits per heavy atom. The number of carbonyl (C=O) groups excluding carboxylic acids is 2. The first-order chi connectivity index (χ1) is 8.29. The van der Waals surface area contributed by atoms with Gasteiger partial charge in [-0.05, 0) is 41.0 Å². The lowest BCUT2D eigenvalue weighted by Crippen LogP contribution is -2.50. The van der Waals surface area contributed by atoms with E-state index in [1.54, 1.807) is 13.8 Å². The third-order valence-electron chi connectivity index (χ3n) is 2.31. The second kappa shape index (κ2) is 7.95. The Labute approximate surface area is 110 Å². The molecule has 0 aromatic heterocycles. The van der Waals surface area contributed by atoms with E-state index in [-0.39, 0.29) is 18.2 Å². The summed E-state index contributed by atoms with van der Waals surface area (Å²) in [6.07, 6.45) is 0.852. The van der Waals surface area contributed by atoms with Crippen LogP contribution in [0.15, 0.2) is 0 Å². The second-order valence-electron chi connectivity index (χ2n) is 5.04. The Morgan fingerprint density at radius 3 is 2.11 bits per heavy atom. The minimum Gasteiger partial charge on any atom is -0.446 e. The van der Waals surface area contributed by atoms with E-state index in [2.05, 4.69) is 5.32 Å². The Morgan fingerprint density at radius 2 is 1.72 bits per heavy atom. The smallest absolute Gasteiger partial charge is 0.418 e. The van der Waals surface area contributed by atoms with Crippen molar-refractivity contribution in [2.24, 2.45) is 0 Å². The molecule has 5 nitrogen and oxygen atoms in total. The minimum atomic E-state index is -0.580. The number of rotatable bonds is 5. The van der Waals surface area contributed by atoms with Crippen molar-refractivity contribution in [2.45, 2.75) is 72.6 Å². The van der Waals surface area contributed by atoms with Gasteiger partial charge >= 0.3 is 12.1 Å². The van der Waals surface area contributed by atoms with Gasteiger partial charge in [0.25, 0.3) is 0 Å². The van der Waals surface area contributed by atoms with E-state index in [1.807, 2.05) is 27.7 Å².